The molecule has 0 fully saturated rings. The van der Waals surface area contributed by atoms with Crippen molar-refractivity contribution in [2.24, 2.45) is 5.84 Å². The quantitative estimate of drug-likeness (QED) is 0.424. The minimum atomic E-state index is -0.493. The van der Waals surface area contributed by atoms with E-state index in [0.717, 1.165) is 0 Å². The zero-order chi connectivity index (χ0) is 12.8. The fourth-order valence-corrected chi connectivity index (χ4v) is 1.26. The van der Waals surface area contributed by atoms with Crippen molar-refractivity contribution in [3.05, 3.63) is 17.5 Å². The number of nitriles is 1. The number of carbonyl (C=O) groups is 1. The summed E-state index contributed by atoms with van der Waals surface area (Å²) in [6.07, 6.45) is 0.431. The molecule has 1 amide bonds. The zero-order valence-corrected chi connectivity index (χ0v) is 9.80. The number of nitrogen functional groups attached to an aromatic ring is 1. The Balaban J connectivity index is 2.60. The Morgan fingerprint density at radius 1 is 1.82 bits per heavy atom. The number of hydrogen-bond donors (Lipinski definition) is 2. The smallest absolute Gasteiger partial charge is 0.287 e. The first-order valence-electron chi connectivity index (χ1n) is 5.12. The predicted molar refractivity (Wildman–Crippen MR) is 59.3 cm³/mol. The zero-order valence-electron chi connectivity index (χ0n) is 9.80. The highest BCUT2D eigenvalue weighted by Gasteiger charge is 2.15. The summed E-state index contributed by atoms with van der Waals surface area (Å²) in [5.74, 6) is 5.03. The summed E-state index contributed by atoms with van der Waals surface area (Å²) >= 11 is 0. The highest BCUT2D eigenvalue weighted by molar-refractivity contribution is 5.91. The summed E-state index contributed by atoms with van der Waals surface area (Å²) < 4.78 is 5.00. The lowest BCUT2D eigenvalue weighted by Crippen LogP contribution is -2.30. The Morgan fingerprint density at radius 2 is 2.53 bits per heavy atom. The summed E-state index contributed by atoms with van der Waals surface area (Å²) in [5.41, 5.74) is 2.12. The molecule has 1 atom stereocenters. The largest absolute Gasteiger partial charge is 0.359 e. The van der Waals surface area contributed by atoms with Crippen molar-refractivity contribution in [3.63, 3.8) is 0 Å². The Morgan fingerprint density at radius 3 is 3.12 bits per heavy atom. The van der Waals surface area contributed by atoms with Crippen LogP contribution in [0.25, 0.3) is 0 Å². The van der Waals surface area contributed by atoms with Crippen molar-refractivity contribution in [1.29, 1.82) is 5.26 Å². The lowest BCUT2D eigenvalue weighted by Gasteiger charge is -2.20. The molecule has 0 spiro atoms. The normalized spacial score (nSPS) is 12.2. The van der Waals surface area contributed by atoms with Crippen molar-refractivity contribution in [3.8, 4) is 6.07 Å². The van der Waals surface area contributed by atoms with Crippen molar-refractivity contribution in [2.45, 2.75) is 25.9 Å². The summed E-state index contributed by atoms with van der Waals surface area (Å²) in [5, 5.41) is 12.2. The molecule has 3 N–H and O–H groups in total. The first-order chi connectivity index (χ1) is 8.08. The number of carbonyl (C=O) groups excluding carboxylic acids is 1. The van der Waals surface area contributed by atoms with Crippen LogP contribution in [0.2, 0.25) is 0 Å². The van der Waals surface area contributed by atoms with Gasteiger partial charge in [0, 0.05) is 12.1 Å². The molecule has 7 heteroatoms. The fraction of sp³-hybridized carbons (Fsp3) is 0.500. The summed E-state index contributed by atoms with van der Waals surface area (Å²) in [4.78, 5) is 13.1. The lowest BCUT2D eigenvalue weighted by molar-refractivity contribution is 0.0944. The molecule has 7 nitrogen and oxygen atoms in total. The Hall–Kier alpha value is -1.91. The summed E-state index contributed by atoms with van der Waals surface area (Å²) in [6.45, 7) is 2.42. The van der Waals surface area contributed by atoms with Gasteiger partial charge in [0.05, 0.1) is 19.0 Å². The van der Waals surface area contributed by atoms with Gasteiger partial charge in [0.15, 0.2) is 11.5 Å². The maximum atomic E-state index is 11.1. The van der Waals surface area contributed by atoms with Gasteiger partial charge in [0.25, 0.3) is 5.91 Å². The molecule has 17 heavy (non-hydrogen) atoms. The first-order valence-corrected chi connectivity index (χ1v) is 5.12. The van der Waals surface area contributed by atoms with E-state index >= 15 is 0 Å². The van der Waals surface area contributed by atoms with Crippen LogP contribution in [0.5, 0.6) is 0 Å². The lowest BCUT2D eigenvalue weighted by atomic mass is 10.2. The van der Waals surface area contributed by atoms with E-state index in [9.17, 15) is 4.79 Å². The van der Waals surface area contributed by atoms with Gasteiger partial charge in [-0.05, 0) is 14.0 Å². The molecule has 0 aliphatic heterocycles. The van der Waals surface area contributed by atoms with Crippen LogP contribution in [0, 0.1) is 11.3 Å². The van der Waals surface area contributed by atoms with Gasteiger partial charge in [0.1, 0.15) is 0 Å². The Labute approximate surface area is 99.1 Å². The van der Waals surface area contributed by atoms with Crippen LogP contribution in [-0.2, 0) is 6.54 Å². The first kappa shape index (κ1) is 13.2. The van der Waals surface area contributed by atoms with Gasteiger partial charge in [0.2, 0.25) is 0 Å². The third kappa shape index (κ3) is 3.55. The van der Waals surface area contributed by atoms with Crippen LogP contribution < -0.4 is 11.3 Å². The third-order valence-electron chi connectivity index (χ3n) is 2.47. The van der Waals surface area contributed by atoms with Gasteiger partial charge in [-0.2, -0.15) is 5.26 Å². The maximum Gasteiger partial charge on any atom is 0.287 e. The molecule has 1 heterocycles. The second kappa shape index (κ2) is 5.98. The topological polar surface area (TPSA) is 108 Å². The highest BCUT2D eigenvalue weighted by Crippen LogP contribution is 2.09. The molecule has 0 aromatic carbocycles. The summed E-state index contributed by atoms with van der Waals surface area (Å²) in [7, 11) is 1.87. The molecule has 1 rings (SSSR count). The molecule has 92 valence electrons. The van der Waals surface area contributed by atoms with Gasteiger partial charge >= 0.3 is 0 Å². The van der Waals surface area contributed by atoms with Crippen molar-refractivity contribution >= 4 is 5.91 Å². The number of nitrogens with one attached hydrogen (secondary N) is 1. The van der Waals surface area contributed by atoms with Crippen LogP contribution in [0.4, 0.5) is 0 Å². The second-order valence-electron chi connectivity index (χ2n) is 3.78. The van der Waals surface area contributed by atoms with Crippen molar-refractivity contribution in [2.75, 3.05) is 7.05 Å². The van der Waals surface area contributed by atoms with E-state index in [2.05, 4.69) is 11.2 Å². The van der Waals surface area contributed by atoms with Gasteiger partial charge in [-0.15, -0.1) is 0 Å². The summed E-state index contributed by atoms with van der Waals surface area (Å²) in [6, 6.07) is 3.73. The third-order valence-corrected chi connectivity index (χ3v) is 2.47. The molecule has 0 aliphatic rings. The second-order valence-corrected chi connectivity index (χ2v) is 3.78. The SMILES string of the molecule is CC(CC#N)N(C)Cc1cc(C(=O)NN)no1. The Bertz CT molecular complexity index is 423. The van der Waals surface area contributed by atoms with Crippen LogP contribution in [0.3, 0.4) is 0 Å². The average Bonchev–Trinajstić information content (AvgIpc) is 2.76. The van der Waals surface area contributed by atoms with Crippen LogP contribution >= 0.6 is 0 Å². The molecule has 1 unspecified atom stereocenters. The minimum absolute atomic E-state index is 0.108. The van der Waals surface area contributed by atoms with Crippen LogP contribution in [0.1, 0.15) is 29.6 Å². The van der Waals surface area contributed by atoms with Gasteiger partial charge in [-0.3, -0.25) is 15.1 Å². The van der Waals surface area contributed by atoms with E-state index in [4.69, 9.17) is 15.6 Å². The molecular formula is C10H15N5O2. The van der Waals surface area contributed by atoms with E-state index in [0.29, 0.717) is 18.7 Å². The van der Waals surface area contributed by atoms with Crippen molar-refractivity contribution < 1.29 is 9.32 Å². The number of aromatic nitrogens is 1. The van der Waals surface area contributed by atoms with E-state index < -0.39 is 5.91 Å². The highest BCUT2D eigenvalue weighted by atomic mass is 16.5. The molecule has 0 radical (unpaired) electrons. The molecule has 0 saturated carbocycles. The number of amides is 1. The average molecular weight is 237 g/mol. The number of nitrogens with two attached hydrogens (primary N) is 1. The fourth-order valence-electron chi connectivity index (χ4n) is 1.26. The van der Waals surface area contributed by atoms with Crippen molar-refractivity contribution in [1.82, 2.24) is 15.5 Å². The van der Waals surface area contributed by atoms with Crippen LogP contribution in [-0.4, -0.2) is 29.1 Å². The van der Waals surface area contributed by atoms with Gasteiger partial charge < -0.3 is 4.52 Å². The molecular weight excluding hydrogens is 222 g/mol. The predicted octanol–water partition coefficient (Wildman–Crippen LogP) is 0.0121. The number of hydrogen-bond acceptors (Lipinski definition) is 6. The molecule has 0 aliphatic carbocycles. The van der Waals surface area contributed by atoms with Gasteiger partial charge in [-0.25, -0.2) is 5.84 Å². The van der Waals surface area contributed by atoms with E-state index in [-0.39, 0.29) is 11.7 Å². The van der Waals surface area contributed by atoms with Crippen LogP contribution in [0.15, 0.2) is 10.6 Å². The van der Waals surface area contributed by atoms with E-state index in [1.807, 2.05) is 24.3 Å². The Kier molecular flexibility index (Phi) is 4.63. The number of hydrazine groups is 1. The minimum Gasteiger partial charge on any atom is -0.359 e. The molecule has 0 saturated heterocycles. The number of nitrogens with zero attached hydrogens (tertiary/aromatic N) is 3. The monoisotopic (exact) mass is 237 g/mol. The molecule has 0 bridgehead atoms. The van der Waals surface area contributed by atoms with E-state index in [1.165, 1.54) is 6.07 Å². The van der Waals surface area contributed by atoms with Gasteiger partial charge in [-0.1, -0.05) is 5.16 Å². The number of rotatable bonds is 5. The molecule has 1 aromatic rings. The maximum absolute atomic E-state index is 11.1. The van der Waals surface area contributed by atoms with E-state index in [1.54, 1.807) is 0 Å². The standard InChI is InChI=1S/C10H15N5O2/c1-7(3-4-11)15(2)6-8-5-9(14-17-8)10(16)13-12/h5,7H,3,6,12H2,1-2H3,(H,13,16). The molecule has 1 aromatic heterocycles.